The van der Waals surface area contributed by atoms with Crippen LogP contribution < -0.4 is 4.74 Å². The van der Waals surface area contributed by atoms with Gasteiger partial charge in [0.2, 0.25) is 5.82 Å². The molecule has 35 heavy (non-hydrogen) atoms. The van der Waals surface area contributed by atoms with Crippen LogP contribution in [0.1, 0.15) is 11.1 Å². The van der Waals surface area contributed by atoms with Gasteiger partial charge >= 0.3 is 6.18 Å². The number of aliphatic hydroxyl groups is 1. The minimum absolute atomic E-state index is 0.0799. The lowest BCUT2D eigenvalue weighted by Crippen LogP contribution is -2.58. The first-order valence-electron chi connectivity index (χ1n) is 9.85. The largest absolute Gasteiger partial charge is 0.506 e. The van der Waals surface area contributed by atoms with Crippen molar-refractivity contribution < 1.29 is 36.2 Å². The summed E-state index contributed by atoms with van der Waals surface area (Å²) in [6.07, 6.45) is -4.92. The molecule has 1 heterocycles. The van der Waals surface area contributed by atoms with Gasteiger partial charge < -0.3 is 19.1 Å². The second kappa shape index (κ2) is 10.7. The van der Waals surface area contributed by atoms with Crippen LogP contribution in [0.25, 0.3) is 22.8 Å². The summed E-state index contributed by atoms with van der Waals surface area (Å²) in [6.45, 7) is 0.397. The van der Waals surface area contributed by atoms with Crippen LogP contribution in [0.2, 0.25) is 0 Å². The van der Waals surface area contributed by atoms with E-state index in [1.165, 1.54) is 6.07 Å². The van der Waals surface area contributed by atoms with Gasteiger partial charge in [-0.15, -0.1) is 0 Å². The first-order chi connectivity index (χ1) is 16.4. The van der Waals surface area contributed by atoms with Crippen molar-refractivity contribution in [2.75, 3.05) is 13.2 Å². The summed E-state index contributed by atoms with van der Waals surface area (Å²) in [7, 11) is 21.8. The molecule has 0 bridgehead atoms. The van der Waals surface area contributed by atoms with Gasteiger partial charge in [0.25, 0.3) is 5.89 Å². The topological polar surface area (TPSA) is 77.6 Å². The Hall–Kier alpha value is -2.37. The molecule has 3 rings (SSSR count). The van der Waals surface area contributed by atoms with E-state index in [9.17, 15) is 17.1 Å². The fourth-order valence-corrected chi connectivity index (χ4v) is 2.92. The number of hydrogen-bond acceptors (Lipinski definition) is 7. The quantitative estimate of drug-likeness (QED) is 0.262. The van der Waals surface area contributed by atoms with E-state index in [2.05, 4.69) is 10.1 Å². The van der Waals surface area contributed by atoms with E-state index in [1.807, 2.05) is 0 Å². The van der Waals surface area contributed by atoms with E-state index in [1.54, 1.807) is 24.3 Å². The summed E-state index contributed by atoms with van der Waals surface area (Å²) in [5.74, 6) is -0.902. The number of aliphatic hydroxyl groups excluding tert-OH is 1. The predicted octanol–water partition coefficient (Wildman–Crippen LogP) is 2.91. The van der Waals surface area contributed by atoms with Gasteiger partial charge in [-0.1, -0.05) is 29.4 Å². The molecule has 0 saturated heterocycles. The fourth-order valence-electron chi connectivity index (χ4n) is 2.76. The van der Waals surface area contributed by atoms with E-state index < -0.39 is 39.6 Å². The molecule has 0 aliphatic rings. The van der Waals surface area contributed by atoms with Crippen LogP contribution >= 0.6 is 12.1 Å². The van der Waals surface area contributed by atoms with Crippen LogP contribution in [-0.2, 0) is 17.5 Å². The molecular weight excluding hydrogens is 484 g/mol. The summed E-state index contributed by atoms with van der Waals surface area (Å²) in [6, 6.07) is 9.62. The number of aromatic nitrogens is 2. The third-order valence-corrected chi connectivity index (χ3v) is 5.27. The molecule has 0 saturated carbocycles. The highest BCUT2D eigenvalue weighted by molar-refractivity contribution is 7.98. The SMILES string of the molecule is [B]C([B])(Oc1ccc(-c2nc(-c3ccc(COCCO)cc3)no2)cc1C(F)(F)F)C([B])([B])SF. The fraction of sp³-hybridized carbons (Fsp3) is 0.300. The molecule has 0 fully saturated rings. The zero-order chi connectivity index (χ0) is 25.9. The van der Waals surface area contributed by atoms with Gasteiger partial charge in [0, 0.05) is 28.7 Å². The second-order valence-corrected chi connectivity index (χ2v) is 8.20. The number of alkyl halides is 3. The van der Waals surface area contributed by atoms with Crippen molar-refractivity contribution in [3.8, 4) is 28.6 Å². The van der Waals surface area contributed by atoms with Gasteiger partial charge in [-0.2, -0.15) is 22.0 Å². The first kappa shape index (κ1) is 27.2. The summed E-state index contributed by atoms with van der Waals surface area (Å²) in [4.78, 5) is 4.14. The average Bonchev–Trinajstić information content (AvgIpc) is 3.29. The molecule has 8 radical (unpaired) electrons. The minimum Gasteiger partial charge on any atom is -0.506 e. The molecular formula is C20H14B4F4N2O4S. The third kappa shape index (κ3) is 6.45. The van der Waals surface area contributed by atoms with Crippen molar-refractivity contribution in [3.63, 3.8) is 0 Å². The number of halogens is 4. The monoisotopic (exact) mass is 498 g/mol. The maximum absolute atomic E-state index is 13.7. The Balaban J connectivity index is 1.87. The third-order valence-electron chi connectivity index (χ3n) is 4.69. The van der Waals surface area contributed by atoms with Crippen LogP contribution in [0, 0.1) is 0 Å². The zero-order valence-electron chi connectivity index (χ0n) is 18.0. The Labute approximate surface area is 208 Å². The van der Waals surface area contributed by atoms with Crippen LogP contribution in [0.4, 0.5) is 17.1 Å². The normalized spacial score (nSPS) is 12.6. The molecule has 6 nitrogen and oxygen atoms in total. The number of rotatable bonds is 10. The van der Waals surface area contributed by atoms with Crippen LogP contribution in [0.15, 0.2) is 47.0 Å². The molecule has 0 unspecified atom stereocenters. The number of nitrogens with zero attached hydrogens (tertiary/aromatic N) is 2. The van der Waals surface area contributed by atoms with Gasteiger partial charge in [0.15, 0.2) is 0 Å². The average molecular weight is 498 g/mol. The minimum atomic E-state index is -4.92. The highest BCUT2D eigenvalue weighted by Gasteiger charge is 2.41. The van der Waals surface area contributed by atoms with Crippen LogP contribution in [-0.4, -0.2) is 69.8 Å². The lowest BCUT2D eigenvalue weighted by atomic mass is 9.44. The number of hydrogen-bond donors (Lipinski definition) is 1. The van der Waals surface area contributed by atoms with E-state index in [4.69, 9.17) is 50.5 Å². The Morgan fingerprint density at radius 2 is 1.66 bits per heavy atom. The molecule has 2 aromatic carbocycles. The Morgan fingerprint density at radius 3 is 2.26 bits per heavy atom. The Morgan fingerprint density at radius 1 is 1.00 bits per heavy atom. The smallest absolute Gasteiger partial charge is 0.419 e. The Kier molecular flexibility index (Phi) is 8.33. The summed E-state index contributed by atoms with van der Waals surface area (Å²) < 4.78 is 66.9. The maximum atomic E-state index is 13.7. The molecule has 3 aromatic rings. The van der Waals surface area contributed by atoms with Gasteiger partial charge in [0.1, 0.15) is 21.4 Å². The molecule has 0 aliphatic carbocycles. The molecule has 0 aliphatic heterocycles. The number of benzene rings is 2. The predicted molar refractivity (Wildman–Crippen MR) is 125 cm³/mol. The summed E-state index contributed by atoms with van der Waals surface area (Å²) in [5, 5.41) is 9.86. The van der Waals surface area contributed by atoms with Crippen molar-refractivity contribution in [2.45, 2.75) is 22.7 Å². The van der Waals surface area contributed by atoms with Crippen molar-refractivity contribution >= 4 is 43.5 Å². The van der Waals surface area contributed by atoms with Gasteiger partial charge in [0.05, 0.1) is 41.1 Å². The zero-order valence-corrected chi connectivity index (χ0v) is 18.8. The van der Waals surface area contributed by atoms with Crippen molar-refractivity contribution in [1.82, 2.24) is 10.1 Å². The molecule has 0 amide bonds. The Bertz CT molecular complexity index is 1150. The molecule has 0 spiro atoms. The van der Waals surface area contributed by atoms with E-state index in [-0.39, 0.29) is 30.5 Å². The second-order valence-electron chi connectivity index (χ2n) is 7.37. The maximum Gasteiger partial charge on any atom is 0.419 e. The molecule has 1 aromatic heterocycles. The molecule has 1 N–H and O–H groups in total. The van der Waals surface area contributed by atoms with Crippen molar-refractivity contribution in [2.24, 2.45) is 0 Å². The van der Waals surface area contributed by atoms with E-state index >= 15 is 0 Å². The van der Waals surface area contributed by atoms with Crippen LogP contribution in [0.3, 0.4) is 0 Å². The lowest BCUT2D eigenvalue weighted by Gasteiger charge is -2.41. The van der Waals surface area contributed by atoms with Crippen molar-refractivity contribution in [3.05, 3.63) is 53.6 Å². The molecule has 15 heteroatoms. The highest BCUT2D eigenvalue weighted by atomic mass is 32.2. The van der Waals surface area contributed by atoms with Gasteiger partial charge in [-0.25, -0.2) is 0 Å². The first-order valence-corrected chi connectivity index (χ1v) is 10.6. The lowest BCUT2D eigenvalue weighted by molar-refractivity contribution is -0.139. The van der Waals surface area contributed by atoms with E-state index in [0.29, 0.717) is 18.2 Å². The molecule has 0 atom stereocenters. The summed E-state index contributed by atoms with van der Waals surface area (Å²) in [5.41, 5.74) is -0.00751. The standard InChI is InChI=1S/C20H14B4F4N2O4S/c21-19(22,20(23,24)35-28)33-15-6-5-13(9-14(15)18(25,26)27)17-29-16(30-34-17)12-3-1-11(2-4-12)10-32-8-7-31/h1-6,9,31H,7-8,10H2. The summed E-state index contributed by atoms with van der Waals surface area (Å²) >= 11 is -0.678. The van der Waals surface area contributed by atoms with Crippen molar-refractivity contribution in [1.29, 1.82) is 0 Å². The van der Waals surface area contributed by atoms with E-state index in [0.717, 1.165) is 11.6 Å². The number of ether oxygens (including phenoxy) is 2. The van der Waals surface area contributed by atoms with Gasteiger partial charge in [-0.3, -0.25) is 0 Å². The highest BCUT2D eigenvalue weighted by Crippen LogP contribution is 2.41. The molecule has 174 valence electrons. The van der Waals surface area contributed by atoms with Gasteiger partial charge in [-0.05, 0) is 28.3 Å². The van der Waals surface area contributed by atoms with Crippen LogP contribution in [0.5, 0.6) is 5.75 Å².